The number of amides is 2. The molecular formula is C11H14ClN3O4. The third-order valence-electron chi connectivity index (χ3n) is 2.49. The molecule has 0 bridgehead atoms. The molecule has 2 amide bonds. The number of carbonyl (C=O) groups is 3. The number of hydrogen-bond donors (Lipinski definition) is 3. The molecule has 0 saturated heterocycles. The second-order valence-electron chi connectivity index (χ2n) is 4.02. The maximum absolute atomic E-state index is 11.9. The number of halogens is 1. The lowest BCUT2D eigenvalue weighted by atomic mass is 10.1. The van der Waals surface area contributed by atoms with Gasteiger partial charge in [0.2, 0.25) is 5.91 Å². The molecule has 4 N–H and O–H groups in total. The number of carboxylic acid groups (broad SMARTS) is 1. The van der Waals surface area contributed by atoms with Gasteiger partial charge in [-0.05, 0) is 12.5 Å². The fourth-order valence-corrected chi connectivity index (χ4v) is 1.78. The summed E-state index contributed by atoms with van der Waals surface area (Å²) in [5, 5.41) is 11.6. The predicted octanol–water partition coefficient (Wildman–Crippen LogP) is 0.127. The van der Waals surface area contributed by atoms with E-state index in [4.69, 9.17) is 22.4 Å². The zero-order valence-electron chi connectivity index (χ0n) is 10.2. The van der Waals surface area contributed by atoms with Gasteiger partial charge in [-0.2, -0.15) is 0 Å². The highest BCUT2D eigenvalue weighted by Gasteiger charge is 2.22. The molecule has 1 atom stereocenters. The Kier molecular flexibility index (Phi) is 4.94. The molecule has 104 valence electrons. The van der Waals surface area contributed by atoms with Gasteiger partial charge in [0.25, 0.3) is 5.91 Å². The minimum atomic E-state index is -1.23. The van der Waals surface area contributed by atoms with Crippen molar-refractivity contribution in [3.8, 4) is 0 Å². The number of nitrogens with one attached hydrogen (secondary N) is 1. The van der Waals surface area contributed by atoms with E-state index < -0.39 is 23.8 Å². The van der Waals surface area contributed by atoms with Crippen molar-refractivity contribution in [2.24, 2.45) is 12.8 Å². The van der Waals surface area contributed by atoms with Crippen LogP contribution in [0.1, 0.15) is 23.3 Å². The van der Waals surface area contributed by atoms with Crippen molar-refractivity contribution in [3.63, 3.8) is 0 Å². The van der Waals surface area contributed by atoms with E-state index in [-0.39, 0.29) is 18.5 Å². The molecule has 19 heavy (non-hydrogen) atoms. The molecule has 1 aromatic rings. The summed E-state index contributed by atoms with van der Waals surface area (Å²) in [6.45, 7) is 0. The highest BCUT2D eigenvalue weighted by Crippen LogP contribution is 2.13. The molecule has 0 aliphatic rings. The van der Waals surface area contributed by atoms with Crippen molar-refractivity contribution in [3.05, 3.63) is 23.0 Å². The van der Waals surface area contributed by atoms with Crippen LogP contribution in [0.4, 0.5) is 0 Å². The number of rotatable bonds is 6. The number of nitrogens with two attached hydrogens (primary N) is 1. The van der Waals surface area contributed by atoms with Crippen LogP contribution in [0.2, 0.25) is 5.02 Å². The molecule has 0 radical (unpaired) electrons. The molecule has 0 aliphatic heterocycles. The third-order valence-corrected chi connectivity index (χ3v) is 2.69. The summed E-state index contributed by atoms with van der Waals surface area (Å²) >= 11 is 5.73. The molecular weight excluding hydrogens is 274 g/mol. The van der Waals surface area contributed by atoms with Crippen LogP contribution < -0.4 is 11.1 Å². The molecule has 1 aromatic heterocycles. The van der Waals surface area contributed by atoms with Crippen LogP contribution in [-0.4, -0.2) is 33.5 Å². The van der Waals surface area contributed by atoms with Crippen molar-refractivity contribution in [2.45, 2.75) is 18.9 Å². The number of aryl methyl sites for hydroxylation is 1. The first-order valence-corrected chi connectivity index (χ1v) is 5.83. The Labute approximate surface area is 114 Å². The minimum absolute atomic E-state index is 0.0610. The monoisotopic (exact) mass is 287 g/mol. The maximum atomic E-state index is 11.9. The molecule has 0 unspecified atom stereocenters. The lowest BCUT2D eigenvalue weighted by Gasteiger charge is -2.13. The van der Waals surface area contributed by atoms with Gasteiger partial charge in [-0.25, -0.2) is 4.79 Å². The normalized spacial score (nSPS) is 11.9. The Bertz CT molecular complexity index is 512. The summed E-state index contributed by atoms with van der Waals surface area (Å²) < 4.78 is 1.48. The first kappa shape index (κ1) is 15.0. The highest BCUT2D eigenvalue weighted by atomic mass is 35.5. The van der Waals surface area contributed by atoms with E-state index in [2.05, 4.69) is 5.32 Å². The average molecular weight is 288 g/mol. The molecule has 1 rings (SSSR count). The zero-order valence-corrected chi connectivity index (χ0v) is 11.0. The minimum Gasteiger partial charge on any atom is -0.480 e. The Balaban J connectivity index is 2.74. The number of carbonyl (C=O) groups excluding carboxylic acids is 2. The number of aromatic nitrogens is 1. The van der Waals surface area contributed by atoms with Gasteiger partial charge in [0, 0.05) is 19.7 Å². The van der Waals surface area contributed by atoms with Gasteiger partial charge in [-0.15, -0.1) is 0 Å². The molecule has 0 saturated carbocycles. The first-order valence-electron chi connectivity index (χ1n) is 5.45. The van der Waals surface area contributed by atoms with E-state index in [1.807, 2.05) is 0 Å². The topological polar surface area (TPSA) is 114 Å². The number of primary amides is 1. The molecule has 8 heteroatoms. The van der Waals surface area contributed by atoms with Crippen LogP contribution in [0.15, 0.2) is 12.3 Å². The molecule has 0 aromatic carbocycles. The number of carboxylic acids is 1. The summed E-state index contributed by atoms with van der Waals surface area (Å²) in [4.78, 5) is 33.5. The van der Waals surface area contributed by atoms with Gasteiger partial charge in [-0.1, -0.05) is 11.6 Å². The predicted molar refractivity (Wildman–Crippen MR) is 67.7 cm³/mol. The van der Waals surface area contributed by atoms with Crippen LogP contribution in [0.5, 0.6) is 0 Å². The number of aliphatic carboxylic acids is 1. The van der Waals surface area contributed by atoms with Crippen LogP contribution in [0.25, 0.3) is 0 Å². The maximum Gasteiger partial charge on any atom is 0.326 e. The standard InChI is InChI=1S/C11H14ClN3O4/c1-15-5-6(12)4-8(15)10(17)14-7(11(18)19)2-3-9(13)16/h4-5,7H,2-3H2,1H3,(H2,13,16)(H,14,17)(H,18,19)/t7-/m0/s1. The van der Waals surface area contributed by atoms with Gasteiger partial charge in [-0.3, -0.25) is 9.59 Å². The average Bonchev–Trinajstić information content (AvgIpc) is 2.62. The number of nitrogens with zero attached hydrogens (tertiary/aromatic N) is 1. The van der Waals surface area contributed by atoms with Crippen LogP contribution in [0.3, 0.4) is 0 Å². The van der Waals surface area contributed by atoms with Crippen molar-refractivity contribution in [1.29, 1.82) is 0 Å². The SMILES string of the molecule is Cn1cc(Cl)cc1C(=O)N[C@@H](CCC(N)=O)C(=O)O. The summed E-state index contributed by atoms with van der Waals surface area (Å²) in [7, 11) is 1.61. The fraction of sp³-hybridized carbons (Fsp3) is 0.364. The second-order valence-corrected chi connectivity index (χ2v) is 4.46. The Morgan fingerprint density at radius 2 is 2.16 bits per heavy atom. The van der Waals surface area contributed by atoms with E-state index in [0.717, 1.165) is 0 Å². The zero-order chi connectivity index (χ0) is 14.6. The van der Waals surface area contributed by atoms with Crippen LogP contribution >= 0.6 is 11.6 Å². The van der Waals surface area contributed by atoms with Gasteiger partial charge < -0.3 is 20.7 Å². The molecule has 0 spiro atoms. The molecule has 1 heterocycles. The lowest BCUT2D eigenvalue weighted by Crippen LogP contribution is -2.41. The van der Waals surface area contributed by atoms with E-state index in [9.17, 15) is 14.4 Å². The number of hydrogen-bond acceptors (Lipinski definition) is 3. The van der Waals surface area contributed by atoms with Crippen LogP contribution in [0, 0.1) is 0 Å². The van der Waals surface area contributed by atoms with Gasteiger partial charge in [0.05, 0.1) is 5.02 Å². The lowest BCUT2D eigenvalue weighted by molar-refractivity contribution is -0.139. The largest absolute Gasteiger partial charge is 0.480 e. The quantitative estimate of drug-likeness (QED) is 0.689. The van der Waals surface area contributed by atoms with Crippen molar-refractivity contribution < 1.29 is 19.5 Å². The van der Waals surface area contributed by atoms with Crippen molar-refractivity contribution in [1.82, 2.24) is 9.88 Å². The summed E-state index contributed by atoms with van der Waals surface area (Å²) in [5.74, 6) is -2.43. The summed E-state index contributed by atoms with van der Waals surface area (Å²) in [6, 6.07) is 0.248. The molecule has 7 nitrogen and oxygen atoms in total. The molecule has 0 aliphatic carbocycles. The van der Waals surface area contributed by atoms with E-state index in [0.29, 0.717) is 5.02 Å². The van der Waals surface area contributed by atoms with Gasteiger partial charge in [0.1, 0.15) is 11.7 Å². The van der Waals surface area contributed by atoms with Gasteiger partial charge >= 0.3 is 5.97 Å². The Morgan fingerprint density at radius 1 is 1.53 bits per heavy atom. The smallest absolute Gasteiger partial charge is 0.326 e. The second kappa shape index (κ2) is 6.24. The van der Waals surface area contributed by atoms with E-state index in [1.165, 1.54) is 16.8 Å². The van der Waals surface area contributed by atoms with Crippen LogP contribution in [-0.2, 0) is 16.6 Å². The van der Waals surface area contributed by atoms with Crippen molar-refractivity contribution in [2.75, 3.05) is 0 Å². The Hall–Kier alpha value is -2.02. The van der Waals surface area contributed by atoms with E-state index >= 15 is 0 Å². The Morgan fingerprint density at radius 3 is 2.58 bits per heavy atom. The van der Waals surface area contributed by atoms with Crippen molar-refractivity contribution >= 4 is 29.4 Å². The van der Waals surface area contributed by atoms with E-state index in [1.54, 1.807) is 7.05 Å². The van der Waals surface area contributed by atoms with Gasteiger partial charge in [0.15, 0.2) is 0 Å². The molecule has 0 fully saturated rings. The highest BCUT2D eigenvalue weighted by molar-refractivity contribution is 6.31. The first-order chi connectivity index (χ1) is 8.81. The third kappa shape index (κ3) is 4.29. The summed E-state index contributed by atoms with van der Waals surface area (Å²) in [5.41, 5.74) is 5.18. The fourth-order valence-electron chi connectivity index (χ4n) is 1.53. The summed E-state index contributed by atoms with van der Waals surface area (Å²) in [6.07, 6.45) is 1.34.